The highest BCUT2D eigenvalue weighted by atomic mass is 79.9. The van der Waals surface area contributed by atoms with Gasteiger partial charge in [-0.15, -0.1) is 0 Å². The molecule has 0 amide bonds. The third-order valence-corrected chi connectivity index (χ3v) is 3.67. The van der Waals surface area contributed by atoms with Crippen molar-refractivity contribution in [1.82, 2.24) is 0 Å². The molecule has 2 N–H and O–H groups in total. The third kappa shape index (κ3) is 3.93. The monoisotopic (exact) mass is 361 g/mol. The van der Waals surface area contributed by atoms with Crippen LogP contribution in [0.1, 0.15) is 17.2 Å². The van der Waals surface area contributed by atoms with E-state index in [-0.39, 0.29) is 11.9 Å². The first-order valence-corrected chi connectivity index (χ1v) is 7.16. The minimum atomic E-state index is -0.344. The van der Waals surface area contributed by atoms with Crippen LogP contribution in [0, 0.1) is 5.82 Å². The average Bonchev–Trinajstić information content (AvgIpc) is 2.32. The Labute approximate surface area is 129 Å². The molecule has 0 saturated carbocycles. The largest absolute Gasteiger partial charge is 0.324 e. The van der Waals surface area contributed by atoms with Crippen molar-refractivity contribution in [2.24, 2.45) is 5.73 Å². The third-order valence-electron chi connectivity index (χ3n) is 2.76. The summed E-state index contributed by atoms with van der Waals surface area (Å²) in [4.78, 5) is 0. The van der Waals surface area contributed by atoms with Gasteiger partial charge < -0.3 is 5.73 Å². The SMILES string of the molecule is NC(Cc1cc(Cl)ccc1F)c1cc(Cl)cc(Br)c1. The second kappa shape index (κ2) is 6.23. The summed E-state index contributed by atoms with van der Waals surface area (Å²) in [5.74, 6) is -0.305. The lowest BCUT2D eigenvalue weighted by molar-refractivity contribution is 0.593. The van der Waals surface area contributed by atoms with Crippen molar-refractivity contribution in [3.8, 4) is 0 Å². The first-order valence-electron chi connectivity index (χ1n) is 5.61. The van der Waals surface area contributed by atoms with Crippen LogP contribution in [0.5, 0.6) is 0 Å². The topological polar surface area (TPSA) is 26.0 Å². The van der Waals surface area contributed by atoms with E-state index < -0.39 is 0 Å². The van der Waals surface area contributed by atoms with Gasteiger partial charge in [-0.1, -0.05) is 39.1 Å². The van der Waals surface area contributed by atoms with Gasteiger partial charge in [0.1, 0.15) is 5.82 Å². The van der Waals surface area contributed by atoms with Crippen molar-refractivity contribution < 1.29 is 4.39 Å². The molecule has 1 atom stereocenters. The van der Waals surface area contributed by atoms with Gasteiger partial charge in [0.15, 0.2) is 0 Å². The lowest BCUT2D eigenvalue weighted by atomic mass is 9.99. The molecule has 0 heterocycles. The molecule has 0 aliphatic carbocycles. The summed E-state index contributed by atoms with van der Waals surface area (Å²) in [5, 5.41) is 1.09. The van der Waals surface area contributed by atoms with E-state index in [1.165, 1.54) is 12.1 Å². The first kappa shape index (κ1) is 14.8. The smallest absolute Gasteiger partial charge is 0.126 e. The normalized spacial score (nSPS) is 12.5. The Kier molecular flexibility index (Phi) is 4.85. The zero-order valence-corrected chi connectivity index (χ0v) is 12.9. The molecule has 2 aromatic rings. The van der Waals surface area contributed by atoms with Gasteiger partial charge in [0.2, 0.25) is 0 Å². The number of nitrogens with two attached hydrogens (primary N) is 1. The summed E-state index contributed by atoms with van der Waals surface area (Å²) >= 11 is 15.2. The van der Waals surface area contributed by atoms with Crippen molar-refractivity contribution in [3.05, 3.63) is 67.9 Å². The first-order chi connectivity index (χ1) is 8.95. The van der Waals surface area contributed by atoms with Gasteiger partial charge in [-0.3, -0.25) is 0 Å². The predicted molar refractivity (Wildman–Crippen MR) is 81.2 cm³/mol. The van der Waals surface area contributed by atoms with E-state index in [9.17, 15) is 4.39 Å². The van der Waals surface area contributed by atoms with E-state index in [2.05, 4.69) is 15.9 Å². The van der Waals surface area contributed by atoms with Crippen LogP contribution in [0.3, 0.4) is 0 Å². The van der Waals surface area contributed by atoms with Crippen LogP contribution in [-0.2, 0) is 6.42 Å². The Morgan fingerprint density at radius 2 is 1.84 bits per heavy atom. The van der Waals surface area contributed by atoms with Crippen LogP contribution < -0.4 is 5.73 Å². The van der Waals surface area contributed by atoms with Gasteiger partial charge >= 0.3 is 0 Å². The van der Waals surface area contributed by atoms with Crippen molar-refractivity contribution in [1.29, 1.82) is 0 Å². The number of hydrogen-bond donors (Lipinski definition) is 1. The summed E-state index contributed by atoms with van der Waals surface area (Å²) in [6, 6.07) is 9.54. The fourth-order valence-corrected chi connectivity index (χ4v) is 2.92. The highest BCUT2D eigenvalue weighted by Gasteiger charge is 2.12. The van der Waals surface area contributed by atoms with Gasteiger partial charge in [-0.05, 0) is 53.9 Å². The van der Waals surface area contributed by atoms with Crippen molar-refractivity contribution >= 4 is 39.1 Å². The second-order valence-electron chi connectivity index (χ2n) is 4.25. The maximum absolute atomic E-state index is 13.7. The molecule has 19 heavy (non-hydrogen) atoms. The van der Waals surface area contributed by atoms with Crippen LogP contribution in [0.4, 0.5) is 4.39 Å². The van der Waals surface area contributed by atoms with Gasteiger partial charge in [0, 0.05) is 20.6 Å². The quantitative estimate of drug-likeness (QED) is 0.803. The molecular formula is C14H11BrCl2FN. The molecule has 1 nitrogen and oxygen atoms in total. The molecule has 0 spiro atoms. The standard InChI is InChI=1S/C14H11BrCl2FN/c15-10-3-9(5-12(17)7-10)14(19)6-8-4-11(16)1-2-13(8)18/h1-5,7,14H,6,19H2. The van der Waals surface area contributed by atoms with Crippen LogP contribution >= 0.6 is 39.1 Å². The van der Waals surface area contributed by atoms with Gasteiger partial charge in [-0.25, -0.2) is 4.39 Å². The lowest BCUT2D eigenvalue weighted by Crippen LogP contribution is -2.14. The summed E-state index contributed by atoms with van der Waals surface area (Å²) < 4.78 is 14.5. The van der Waals surface area contributed by atoms with E-state index in [1.54, 1.807) is 18.2 Å². The van der Waals surface area contributed by atoms with Crippen molar-refractivity contribution in [2.45, 2.75) is 12.5 Å². The molecule has 100 valence electrons. The van der Waals surface area contributed by atoms with E-state index >= 15 is 0 Å². The van der Waals surface area contributed by atoms with E-state index in [0.29, 0.717) is 22.0 Å². The van der Waals surface area contributed by atoms with Crippen LogP contribution in [0.2, 0.25) is 10.0 Å². The molecule has 1 unspecified atom stereocenters. The van der Waals surface area contributed by atoms with Gasteiger partial charge in [0.25, 0.3) is 0 Å². The maximum atomic E-state index is 13.7. The zero-order valence-electron chi connectivity index (χ0n) is 9.84. The number of benzene rings is 2. The number of halogens is 4. The van der Waals surface area contributed by atoms with Crippen LogP contribution in [0.25, 0.3) is 0 Å². The van der Waals surface area contributed by atoms with Gasteiger partial charge in [-0.2, -0.15) is 0 Å². The van der Waals surface area contributed by atoms with E-state index in [4.69, 9.17) is 28.9 Å². The fraction of sp³-hybridized carbons (Fsp3) is 0.143. The summed E-state index contributed by atoms with van der Waals surface area (Å²) in [7, 11) is 0. The molecule has 5 heteroatoms. The molecule has 0 aliphatic rings. The molecule has 0 radical (unpaired) electrons. The Morgan fingerprint density at radius 3 is 2.53 bits per heavy atom. The van der Waals surface area contributed by atoms with Crippen LogP contribution in [0.15, 0.2) is 40.9 Å². The molecule has 0 fully saturated rings. The fourth-order valence-electron chi connectivity index (χ4n) is 1.84. The molecule has 0 aromatic heterocycles. The number of hydrogen-bond acceptors (Lipinski definition) is 1. The highest BCUT2D eigenvalue weighted by molar-refractivity contribution is 9.10. The molecule has 0 saturated heterocycles. The Morgan fingerprint density at radius 1 is 1.11 bits per heavy atom. The van der Waals surface area contributed by atoms with Crippen molar-refractivity contribution in [2.75, 3.05) is 0 Å². The second-order valence-corrected chi connectivity index (χ2v) is 6.04. The molecular weight excluding hydrogens is 352 g/mol. The minimum absolute atomic E-state index is 0.305. The molecule has 2 aromatic carbocycles. The lowest BCUT2D eigenvalue weighted by Gasteiger charge is -2.14. The summed E-state index contributed by atoms with van der Waals surface area (Å²) in [6.07, 6.45) is 0.360. The van der Waals surface area contributed by atoms with Gasteiger partial charge in [0.05, 0.1) is 0 Å². The molecule has 2 rings (SSSR count). The minimum Gasteiger partial charge on any atom is -0.324 e. The maximum Gasteiger partial charge on any atom is 0.126 e. The van der Waals surface area contributed by atoms with Crippen LogP contribution in [-0.4, -0.2) is 0 Å². The number of rotatable bonds is 3. The zero-order chi connectivity index (χ0) is 14.0. The summed E-state index contributed by atoms with van der Waals surface area (Å²) in [6.45, 7) is 0. The van der Waals surface area contributed by atoms with E-state index in [0.717, 1.165) is 10.0 Å². The molecule has 0 bridgehead atoms. The predicted octanol–water partition coefficient (Wildman–Crippen LogP) is 5.14. The average molecular weight is 363 g/mol. The molecule has 0 aliphatic heterocycles. The van der Waals surface area contributed by atoms with E-state index in [1.807, 2.05) is 6.07 Å². The Bertz CT molecular complexity index is 584. The summed E-state index contributed by atoms with van der Waals surface area (Å²) in [5.41, 5.74) is 7.44. The Balaban J connectivity index is 2.25. The van der Waals surface area contributed by atoms with Crippen molar-refractivity contribution in [3.63, 3.8) is 0 Å². The highest BCUT2D eigenvalue weighted by Crippen LogP contribution is 2.26. The Hall–Kier alpha value is -0.610.